The first kappa shape index (κ1) is 27.0. The van der Waals surface area contributed by atoms with E-state index < -0.39 is 0 Å². The molecule has 0 radical (unpaired) electrons. The second-order valence-electron chi connectivity index (χ2n) is 8.74. The molecule has 0 saturated carbocycles. The Bertz CT molecular complexity index is 914. The van der Waals surface area contributed by atoms with Crippen molar-refractivity contribution in [1.29, 1.82) is 0 Å². The molecule has 0 saturated heterocycles. The van der Waals surface area contributed by atoms with Gasteiger partial charge in [0.25, 0.3) is 11.8 Å². The Morgan fingerprint density at radius 2 is 1.29 bits per heavy atom. The number of azo groups is 1. The largest absolute Gasteiger partial charge is 0.494 e. The van der Waals surface area contributed by atoms with E-state index in [1.807, 2.05) is 81.1 Å². The molecule has 2 aromatic carbocycles. The van der Waals surface area contributed by atoms with Crippen LogP contribution in [0.2, 0.25) is 0 Å². The van der Waals surface area contributed by atoms with Crippen molar-refractivity contribution in [3.05, 3.63) is 59.7 Å². The standard InChI is InChI=1S/C27H37N3O4/c1-20(2)30(21(3)4)27(32)24-11-15-26(16-12-24)34-18-8-6-7-17-33-25-13-9-23(10-14-25)19-28-29-22(5)31/h9-16,20-21H,6-8,17-19H2,1-5H3. The van der Waals surface area contributed by atoms with Gasteiger partial charge in [0.15, 0.2) is 0 Å². The number of nitrogens with zero attached hydrogens (tertiary/aromatic N) is 3. The van der Waals surface area contributed by atoms with Crippen LogP contribution in [-0.4, -0.2) is 42.0 Å². The molecule has 2 amide bonds. The molecule has 0 fully saturated rings. The first-order chi connectivity index (χ1) is 16.3. The van der Waals surface area contributed by atoms with Gasteiger partial charge in [-0.3, -0.25) is 9.59 Å². The van der Waals surface area contributed by atoms with Gasteiger partial charge in [0.1, 0.15) is 11.5 Å². The Kier molecular flexibility index (Phi) is 11.2. The zero-order chi connectivity index (χ0) is 24.9. The third kappa shape index (κ3) is 9.33. The maximum absolute atomic E-state index is 12.7. The molecule has 0 atom stereocenters. The molecule has 0 bridgehead atoms. The van der Waals surface area contributed by atoms with Crippen molar-refractivity contribution in [3.63, 3.8) is 0 Å². The highest BCUT2D eigenvalue weighted by Gasteiger charge is 2.21. The lowest BCUT2D eigenvalue weighted by molar-refractivity contribution is -0.116. The number of hydrogen-bond acceptors (Lipinski definition) is 5. The van der Waals surface area contributed by atoms with E-state index in [-0.39, 0.29) is 23.9 Å². The van der Waals surface area contributed by atoms with Crippen LogP contribution in [0.25, 0.3) is 0 Å². The first-order valence-electron chi connectivity index (χ1n) is 11.9. The van der Waals surface area contributed by atoms with Gasteiger partial charge in [-0.2, -0.15) is 5.11 Å². The minimum atomic E-state index is -0.296. The summed E-state index contributed by atoms with van der Waals surface area (Å²) in [4.78, 5) is 25.4. The van der Waals surface area contributed by atoms with E-state index in [1.54, 1.807) is 0 Å². The van der Waals surface area contributed by atoms with Crippen LogP contribution in [0.4, 0.5) is 0 Å². The fourth-order valence-electron chi connectivity index (χ4n) is 3.58. The predicted octanol–water partition coefficient (Wildman–Crippen LogP) is 6.07. The van der Waals surface area contributed by atoms with E-state index in [0.717, 1.165) is 36.3 Å². The summed E-state index contributed by atoms with van der Waals surface area (Å²) in [6.07, 6.45) is 2.86. The van der Waals surface area contributed by atoms with E-state index in [0.29, 0.717) is 25.3 Å². The molecule has 7 nitrogen and oxygen atoms in total. The van der Waals surface area contributed by atoms with Gasteiger partial charge in [-0.1, -0.05) is 12.1 Å². The van der Waals surface area contributed by atoms with Crippen molar-refractivity contribution < 1.29 is 19.1 Å². The summed E-state index contributed by atoms with van der Waals surface area (Å²) in [5, 5.41) is 7.34. The molecule has 0 aliphatic carbocycles. The van der Waals surface area contributed by atoms with Crippen LogP contribution in [0.15, 0.2) is 58.8 Å². The van der Waals surface area contributed by atoms with E-state index >= 15 is 0 Å². The molecular weight excluding hydrogens is 430 g/mol. The molecule has 7 heteroatoms. The highest BCUT2D eigenvalue weighted by atomic mass is 16.5. The normalized spacial score (nSPS) is 11.3. The summed E-state index contributed by atoms with van der Waals surface area (Å²) in [6.45, 7) is 11.2. The molecule has 2 rings (SSSR count). The van der Waals surface area contributed by atoms with Crippen LogP contribution < -0.4 is 9.47 Å². The molecule has 0 aliphatic heterocycles. The maximum Gasteiger partial charge on any atom is 0.261 e. The number of rotatable bonds is 13. The van der Waals surface area contributed by atoms with Gasteiger partial charge in [0.2, 0.25) is 0 Å². The third-order valence-corrected chi connectivity index (χ3v) is 5.16. The van der Waals surface area contributed by atoms with Crippen molar-refractivity contribution >= 4 is 11.8 Å². The quantitative estimate of drug-likeness (QED) is 0.264. The fraction of sp³-hybridized carbons (Fsp3) is 0.481. The first-order valence-corrected chi connectivity index (χ1v) is 11.9. The predicted molar refractivity (Wildman–Crippen MR) is 133 cm³/mol. The summed E-state index contributed by atoms with van der Waals surface area (Å²) >= 11 is 0. The number of amides is 2. The van der Waals surface area contributed by atoms with Gasteiger partial charge < -0.3 is 14.4 Å². The molecule has 2 aromatic rings. The SMILES string of the molecule is CC(=O)N=NCc1ccc(OCCCCCOc2ccc(C(=O)N(C(C)C)C(C)C)cc2)cc1. The number of benzene rings is 2. The van der Waals surface area contributed by atoms with Crippen molar-refractivity contribution in [1.82, 2.24) is 4.90 Å². The molecule has 0 N–H and O–H groups in total. The van der Waals surface area contributed by atoms with Crippen molar-refractivity contribution in [2.75, 3.05) is 13.2 Å². The number of unbranched alkanes of at least 4 members (excludes halogenated alkanes) is 2. The molecule has 34 heavy (non-hydrogen) atoms. The van der Waals surface area contributed by atoms with Gasteiger partial charge in [-0.05, 0) is 88.9 Å². The summed E-state index contributed by atoms with van der Waals surface area (Å²) < 4.78 is 11.6. The van der Waals surface area contributed by atoms with Crippen molar-refractivity contribution in [3.8, 4) is 11.5 Å². The zero-order valence-corrected chi connectivity index (χ0v) is 21.0. The number of hydrogen-bond donors (Lipinski definition) is 0. The lowest BCUT2D eigenvalue weighted by Gasteiger charge is -2.30. The Hall–Kier alpha value is -3.22. The monoisotopic (exact) mass is 467 g/mol. The molecular formula is C27H37N3O4. The van der Waals surface area contributed by atoms with Crippen LogP contribution in [-0.2, 0) is 11.3 Å². The number of carbonyl (C=O) groups is 2. The van der Waals surface area contributed by atoms with E-state index in [2.05, 4.69) is 10.2 Å². The van der Waals surface area contributed by atoms with E-state index in [9.17, 15) is 9.59 Å². The van der Waals surface area contributed by atoms with Crippen LogP contribution >= 0.6 is 0 Å². The molecule has 0 heterocycles. The van der Waals surface area contributed by atoms with E-state index in [1.165, 1.54) is 6.92 Å². The van der Waals surface area contributed by atoms with Crippen LogP contribution in [0.1, 0.15) is 69.8 Å². The third-order valence-electron chi connectivity index (χ3n) is 5.16. The smallest absolute Gasteiger partial charge is 0.261 e. The molecule has 0 unspecified atom stereocenters. The maximum atomic E-state index is 12.7. The minimum Gasteiger partial charge on any atom is -0.494 e. The molecule has 0 aromatic heterocycles. The number of ether oxygens (including phenoxy) is 2. The Balaban J connectivity index is 1.63. The van der Waals surface area contributed by atoms with Crippen LogP contribution in [0.5, 0.6) is 11.5 Å². The molecule has 0 aliphatic rings. The Labute approximate surface area is 203 Å². The summed E-state index contributed by atoms with van der Waals surface area (Å²) in [7, 11) is 0. The highest BCUT2D eigenvalue weighted by molar-refractivity contribution is 5.94. The second kappa shape index (κ2) is 14.1. The van der Waals surface area contributed by atoms with Crippen LogP contribution in [0.3, 0.4) is 0 Å². The van der Waals surface area contributed by atoms with Crippen molar-refractivity contribution in [2.24, 2.45) is 10.2 Å². The number of carbonyl (C=O) groups excluding carboxylic acids is 2. The Morgan fingerprint density at radius 1 is 0.794 bits per heavy atom. The van der Waals surface area contributed by atoms with Crippen LogP contribution in [0, 0.1) is 0 Å². The topological polar surface area (TPSA) is 80.6 Å². The van der Waals surface area contributed by atoms with E-state index in [4.69, 9.17) is 9.47 Å². The average Bonchev–Trinajstić information content (AvgIpc) is 2.79. The lowest BCUT2D eigenvalue weighted by atomic mass is 10.1. The Morgan fingerprint density at radius 3 is 1.76 bits per heavy atom. The van der Waals surface area contributed by atoms with Gasteiger partial charge >= 0.3 is 0 Å². The fourth-order valence-corrected chi connectivity index (χ4v) is 3.58. The van der Waals surface area contributed by atoms with Gasteiger partial charge in [-0.25, -0.2) is 0 Å². The van der Waals surface area contributed by atoms with Gasteiger partial charge in [0.05, 0.1) is 19.8 Å². The molecule has 184 valence electrons. The average molecular weight is 468 g/mol. The summed E-state index contributed by atoms with van der Waals surface area (Å²) in [5.41, 5.74) is 1.66. The minimum absolute atomic E-state index is 0.0460. The van der Waals surface area contributed by atoms with Gasteiger partial charge in [0, 0.05) is 24.6 Å². The summed E-state index contributed by atoms with van der Waals surface area (Å²) in [5.74, 6) is 1.34. The zero-order valence-electron chi connectivity index (χ0n) is 21.0. The van der Waals surface area contributed by atoms with Crippen molar-refractivity contribution in [2.45, 2.75) is 72.5 Å². The second-order valence-corrected chi connectivity index (χ2v) is 8.74. The summed E-state index contributed by atoms with van der Waals surface area (Å²) in [6, 6.07) is 15.3. The lowest BCUT2D eigenvalue weighted by Crippen LogP contribution is -2.42. The van der Waals surface area contributed by atoms with Gasteiger partial charge in [-0.15, -0.1) is 5.11 Å². The molecule has 0 spiro atoms. The highest BCUT2D eigenvalue weighted by Crippen LogP contribution is 2.17.